The molecule has 0 radical (unpaired) electrons. The first-order valence-corrected chi connectivity index (χ1v) is 8.20. The van der Waals surface area contributed by atoms with Crippen molar-refractivity contribution in [3.63, 3.8) is 0 Å². The van der Waals surface area contributed by atoms with Crippen LogP contribution < -0.4 is 10.6 Å². The fourth-order valence-corrected chi connectivity index (χ4v) is 3.40. The highest BCUT2D eigenvalue weighted by atomic mass is 15.1. The summed E-state index contributed by atoms with van der Waals surface area (Å²) in [6, 6.07) is 7.08. The monoisotopic (exact) mass is 274 g/mol. The smallest absolute Gasteiger partial charge is 0.0399 e. The third-order valence-corrected chi connectivity index (χ3v) is 4.43. The van der Waals surface area contributed by atoms with Gasteiger partial charge in [0.1, 0.15) is 0 Å². The molecule has 1 unspecified atom stereocenters. The predicted molar refractivity (Wildman–Crippen MR) is 88.4 cm³/mol. The molecule has 2 nitrogen and oxygen atoms in total. The van der Waals surface area contributed by atoms with E-state index in [9.17, 15) is 0 Å². The maximum absolute atomic E-state index is 6.02. The molecule has 2 heteroatoms. The maximum Gasteiger partial charge on any atom is 0.0399 e. The first-order chi connectivity index (χ1) is 9.60. The van der Waals surface area contributed by atoms with E-state index in [4.69, 9.17) is 5.73 Å². The molecule has 1 aliphatic rings. The number of hydrogen-bond donors (Lipinski definition) is 1. The molecule has 0 aromatic heterocycles. The Bertz CT molecular complexity index is 417. The molecule has 0 bridgehead atoms. The van der Waals surface area contributed by atoms with E-state index in [1.807, 2.05) is 0 Å². The molecule has 0 aliphatic carbocycles. The summed E-state index contributed by atoms with van der Waals surface area (Å²) in [4.78, 5) is 2.57. The number of nitrogens with two attached hydrogens (primary N) is 1. The number of hydrogen-bond acceptors (Lipinski definition) is 2. The van der Waals surface area contributed by atoms with Gasteiger partial charge in [-0.25, -0.2) is 0 Å². The molecule has 1 heterocycles. The van der Waals surface area contributed by atoms with Crippen LogP contribution in [0.25, 0.3) is 0 Å². The molecule has 1 aromatic rings. The summed E-state index contributed by atoms with van der Waals surface area (Å²) < 4.78 is 0. The largest absolute Gasteiger partial charge is 0.371 e. The van der Waals surface area contributed by atoms with Crippen LogP contribution in [0.3, 0.4) is 0 Å². The van der Waals surface area contributed by atoms with E-state index in [0.717, 1.165) is 12.3 Å². The van der Waals surface area contributed by atoms with Crippen molar-refractivity contribution in [2.75, 3.05) is 18.0 Å². The molecule has 20 heavy (non-hydrogen) atoms. The Hall–Kier alpha value is -1.02. The first-order valence-electron chi connectivity index (χ1n) is 8.20. The van der Waals surface area contributed by atoms with Crippen molar-refractivity contribution in [1.82, 2.24) is 0 Å². The molecule has 0 amide bonds. The van der Waals surface area contributed by atoms with Gasteiger partial charge >= 0.3 is 0 Å². The zero-order chi connectivity index (χ0) is 14.5. The highest BCUT2D eigenvalue weighted by Crippen LogP contribution is 2.29. The molecule has 1 saturated heterocycles. The molecule has 1 aromatic carbocycles. The van der Waals surface area contributed by atoms with Gasteiger partial charge < -0.3 is 10.6 Å². The second kappa shape index (κ2) is 7.12. The molecule has 1 atom stereocenters. The van der Waals surface area contributed by atoms with Crippen LogP contribution in [0.5, 0.6) is 0 Å². The lowest BCUT2D eigenvalue weighted by Gasteiger charge is -2.35. The highest BCUT2D eigenvalue weighted by molar-refractivity contribution is 5.55. The van der Waals surface area contributed by atoms with E-state index in [1.54, 1.807) is 0 Å². The minimum atomic E-state index is 0.230. The van der Waals surface area contributed by atoms with Gasteiger partial charge in [0.25, 0.3) is 0 Å². The van der Waals surface area contributed by atoms with Gasteiger partial charge in [-0.05, 0) is 50.7 Å². The fourth-order valence-electron chi connectivity index (χ4n) is 3.40. The number of nitrogens with zero attached hydrogens (tertiary/aromatic N) is 1. The molecule has 0 spiro atoms. The summed E-state index contributed by atoms with van der Waals surface area (Å²) in [6.07, 6.45) is 6.39. The van der Waals surface area contributed by atoms with Crippen LogP contribution in [0.4, 0.5) is 5.69 Å². The molecule has 2 N–H and O–H groups in total. The van der Waals surface area contributed by atoms with Crippen LogP contribution in [0.15, 0.2) is 18.2 Å². The van der Waals surface area contributed by atoms with E-state index < -0.39 is 0 Å². The molecule has 1 fully saturated rings. The number of piperidine rings is 1. The van der Waals surface area contributed by atoms with Crippen LogP contribution in [0.1, 0.15) is 50.7 Å². The van der Waals surface area contributed by atoms with Crippen molar-refractivity contribution in [1.29, 1.82) is 0 Å². The first kappa shape index (κ1) is 15.4. The quantitative estimate of drug-likeness (QED) is 0.882. The second-order valence-corrected chi connectivity index (χ2v) is 6.53. The van der Waals surface area contributed by atoms with Gasteiger partial charge in [0.05, 0.1) is 0 Å². The van der Waals surface area contributed by atoms with Crippen molar-refractivity contribution < 1.29 is 0 Å². The zero-order valence-electron chi connectivity index (χ0n) is 13.4. The van der Waals surface area contributed by atoms with Gasteiger partial charge in [-0.15, -0.1) is 0 Å². The van der Waals surface area contributed by atoms with E-state index in [-0.39, 0.29) is 6.04 Å². The van der Waals surface area contributed by atoms with Gasteiger partial charge in [-0.1, -0.05) is 37.5 Å². The van der Waals surface area contributed by atoms with E-state index >= 15 is 0 Å². The van der Waals surface area contributed by atoms with E-state index in [0.29, 0.717) is 0 Å². The Morgan fingerprint density at radius 1 is 1.30 bits per heavy atom. The lowest BCUT2D eigenvalue weighted by atomic mass is 9.91. The zero-order valence-corrected chi connectivity index (χ0v) is 13.4. The number of aryl methyl sites for hydroxylation is 1. The van der Waals surface area contributed by atoms with E-state index in [2.05, 4.69) is 43.9 Å². The topological polar surface area (TPSA) is 29.3 Å². The Labute approximate surface area is 124 Å². The van der Waals surface area contributed by atoms with Crippen LogP contribution >= 0.6 is 0 Å². The lowest BCUT2D eigenvalue weighted by Crippen LogP contribution is -2.34. The molecular formula is C18H30N2. The van der Waals surface area contributed by atoms with Gasteiger partial charge in [-0.3, -0.25) is 0 Å². The summed E-state index contributed by atoms with van der Waals surface area (Å²) in [5.74, 6) is 0.943. The van der Waals surface area contributed by atoms with Crippen molar-refractivity contribution in [3.05, 3.63) is 29.3 Å². The molecule has 112 valence electrons. The molecule has 0 saturated carbocycles. The molecule has 2 rings (SSSR count). The number of benzene rings is 1. The normalized spacial score (nSPS) is 18.3. The maximum atomic E-state index is 6.02. The minimum absolute atomic E-state index is 0.230. The Balaban J connectivity index is 2.09. The summed E-state index contributed by atoms with van der Waals surface area (Å²) in [7, 11) is 0. The average molecular weight is 274 g/mol. The van der Waals surface area contributed by atoms with Crippen molar-refractivity contribution in [3.8, 4) is 0 Å². The highest BCUT2D eigenvalue weighted by Gasteiger charge is 2.20. The van der Waals surface area contributed by atoms with Crippen LogP contribution in [-0.2, 0) is 6.42 Å². The Morgan fingerprint density at radius 3 is 2.60 bits per heavy atom. The molecular weight excluding hydrogens is 244 g/mol. The standard InChI is InChI=1S/C18H30N2/c1-4-5-16-8-10-20(11-9-16)18-7-6-14(2)12-17(18)13-15(3)19/h6-7,12,15-16H,4-5,8-11,13,19H2,1-3H3. The average Bonchev–Trinajstić information content (AvgIpc) is 2.40. The van der Waals surface area contributed by atoms with Gasteiger partial charge in [0, 0.05) is 24.8 Å². The van der Waals surface area contributed by atoms with Crippen molar-refractivity contribution >= 4 is 5.69 Å². The van der Waals surface area contributed by atoms with Crippen LogP contribution in [0, 0.1) is 12.8 Å². The summed E-state index contributed by atoms with van der Waals surface area (Å²) >= 11 is 0. The summed E-state index contributed by atoms with van der Waals surface area (Å²) in [6.45, 7) is 8.98. The lowest BCUT2D eigenvalue weighted by molar-refractivity contribution is 0.378. The van der Waals surface area contributed by atoms with E-state index in [1.165, 1.54) is 55.6 Å². The van der Waals surface area contributed by atoms with Crippen LogP contribution in [-0.4, -0.2) is 19.1 Å². The van der Waals surface area contributed by atoms with Crippen molar-refractivity contribution in [2.24, 2.45) is 11.7 Å². The third kappa shape index (κ3) is 3.99. The fraction of sp³-hybridized carbons (Fsp3) is 0.667. The predicted octanol–water partition coefficient (Wildman–Crippen LogP) is 3.90. The van der Waals surface area contributed by atoms with Gasteiger partial charge in [0.2, 0.25) is 0 Å². The summed E-state index contributed by atoms with van der Waals surface area (Å²) in [5, 5.41) is 0. The number of anilines is 1. The second-order valence-electron chi connectivity index (χ2n) is 6.53. The molecule has 1 aliphatic heterocycles. The minimum Gasteiger partial charge on any atom is -0.371 e. The summed E-state index contributed by atoms with van der Waals surface area (Å²) in [5.41, 5.74) is 10.2. The SMILES string of the molecule is CCCC1CCN(c2ccc(C)cc2CC(C)N)CC1. The van der Waals surface area contributed by atoms with Crippen LogP contribution in [0.2, 0.25) is 0 Å². The van der Waals surface area contributed by atoms with Crippen molar-refractivity contribution in [2.45, 2.75) is 58.9 Å². The Kier molecular flexibility index (Phi) is 5.47. The Morgan fingerprint density at radius 2 is 2.00 bits per heavy atom. The van der Waals surface area contributed by atoms with Gasteiger partial charge in [-0.2, -0.15) is 0 Å². The van der Waals surface area contributed by atoms with Gasteiger partial charge in [0.15, 0.2) is 0 Å². The third-order valence-electron chi connectivity index (χ3n) is 4.43. The number of rotatable bonds is 5.